The first-order chi connectivity index (χ1) is 14.1. The molecule has 0 saturated heterocycles. The first kappa shape index (κ1) is 19.2. The van der Waals surface area contributed by atoms with E-state index in [4.69, 9.17) is 9.26 Å². The van der Waals surface area contributed by atoms with Gasteiger partial charge in [0.15, 0.2) is 11.5 Å². The molecule has 0 atom stereocenters. The molecule has 7 nitrogen and oxygen atoms in total. The molecule has 29 heavy (non-hydrogen) atoms. The van der Waals surface area contributed by atoms with Crippen molar-refractivity contribution in [1.82, 2.24) is 10.5 Å². The maximum absolute atomic E-state index is 12.2. The van der Waals surface area contributed by atoms with Crippen molar-refractivity contribution in [3.8, 4) is 5.75 Å². The number of carbonyl (C=O) groups is 2. The van der Waals surface area contributed by atoms with E-state index in [1.54, 1.807) is 42.5 Å². The third kappa shape index (κ3) is 5.23. The molecule has 0 spiro atoms. The van der Waals surface area contributed by atoms with Crippen LogP contribution >= 0.6 is 15.9 Å². The van der Waals surface area contributed by atoms with E-state index in [1.165, 1.54) is 0 Å². The zero-order valence-corrected chi connectivity index (χ0v) is 16.9. The number of halogens is 1. The van der Waals surface area contributed by atoms with Crippen LogP contribution in [0.1, 0.15) is 39.4 Å². The monoisotopic (exact) mass is 455 g/mol. The van der Waals surface area contributed by atoms with E-state index >= 15 is 0 Å². The minimum Gasteiger partial charge on any atom is -0.486 e. The molecule has 1 aliphatic carbocycles. The Kier molecular flexibility index (Phi) is 5.62. The lowest BCUT2D eigenvalue weighted by Crippen LogP contribution is -2.25. The van der Waals surface area contributed by atoms with E-state index in [0.29, 0.717) is 22.8 Å². The molecule has 0 bridgehead atoms. The van der Waals surface area contributed by atoms with E-state index in [2.05, 4.69) is 31.7 Å². The fourth-order valence-corrected chi connectivity index (χ4v) is 2.83. The SMILES string of the molecule is O=C(Nc1ccc(OCc2cc(C(=O)NC3CC3)no2)cc1)c1ccc(Br)cc1. The summed E-state index contributed by atoms with van der Waals surface area (Å²) < 4.78 is 11.7. The van der Waals surface area contributed by atoms with Crippen molar-refractivity contribution in [2.75, 3.05) is 5.32 Å². The van der Waals surface area contributed by atoms with E-state index in [0.717, 1.165) is 17.3 Å². The molecule has 1 aromatic heterocycles. The average Bonchev–Trinajstić information content (AvgIpc) is 3.41. The smallest absolute Gasteiger partial charge is 0.273 e. The summed E-state index contributed by atoms with van der Waals surface area (Å²) >= 11 is 3.34. The predicted molar refractivity (Wildman–Crippen MR) is 110 cm³/mol. The molecular formula is C21H18BrN3O4. The summed E-state index contributed by atoms with van der Waals surface area (Å²) in [6.07, 6.45) is 2.03. The second-order valence-corrected chi connectivity index (χ2v) is 7.62. The third-order valence-electron chi connectivity index (χ3n) is 4.30. The lowest BCUT2D eigenvalue weighted by molar-refractivity contribution is 0.0941. The Hall–Kier alpha value is -3.13. The topological polar surface area (TPSA) is 93.5 Å². The molecule has 4 rings (SSSR count). The highest BCUT2D eigenvalue weighted by Gasteiger charge is 2.25. The van der Waals surface area contributed by atoms with Crippen LogP contribution in [0, 0.1) is 0 Å². The number of rotatable bonds is 7. The molecule has 1 heterocycles. The van der Waals surface area contributed by atoms with Crippen molar-refractivity contribution < 1.29 is 18.8 Å². The molecule has 0 aliphatic heterocycles. The van der Waals surface area contributed by atoms with Crippen LogP contribution in [0.5, 0.6) is 5.75 Å². The Morgan fingerprint density at radius 3 is 2.48 bits per heavy atom. The van der Waals surface area contributed by atoms with Gasteiger partial charge in [0.25, 0.3) is 11.8 Å². The lowest BCUT2D eigenvalue weighted by Gasteiger charge is -2.07. The number of hydrogen-bond donors (Lipinski definition) is 2. The molecule has 8 heteroatoms. The lowest BCUT2D eigenvalue weighted by atomic mass is 10.2. The predicted octanol–water partition coefficient (Wildman–Crippen LogP) is 4.16. The summed E-state index contributed by atoms with van der Waals surface area (Å²) in [4.78, 5) is 24.2. The van der Waals surface area contributed by atoms with Gasteiger partial charge in [-0.15, -0.1) is 0 Å². The summed E-state index contributed by atoms with van der Waals surface area (Å²) in [5.41, 5.74) is 1.48. The van der Waals surface area contributed by atoms with E-state index in [9.17, 15) is 9.59 Å². The number of hydrogen-bond acceptors (Lipinski definition) is 5. The molecule has 1 aliphatic rings. The van der Waals surface area contributed by atoms with Gasteiger partial charge in [-0.05, 0) is 61.4 Å². The minimum atomic E-state index is -0.228. The largest absolute Gasteiger partial charge is 0.486 e. The average molecular weight is 456 g/mol. The molecule has 148 valence electrons. The van der Waals surface area contributed by atoms with Gasteiger partial charge in [0.05, 0.1) is 0 Å². The highest BCUT2D eigenvalue weighted by molar-refractivity contribution is 9.10. The Morgan fingerprint density at radius 1 is 1.07 bits per heavy atom. The highest BCUT2D eigenvalue weighted by Crippen LogP contribution is 2.20. The number of nitrogens with one attached hydrogen (secondary N) is 2. The van der Waals surface area contributed by atoms with Crippen molar-refractivity contribution in [3.63, 3.8) is 0 Å². The minimum absolute atomic E-state index is 0.147. The number of ether oxygens (including phenoxy) is 1. The molecule has 0 unspecified atom stereocenters. The van der Waals surface area contributed by atoms with Crippen LogP contribution in [0.25, 0.3) is 0 Å². The number of aromatic nitrogens is 1. The molecule has 1 fully saturated rings. The second-order valence-electron chi connectivity index (χ2n) is 6.70. The Bertz CT molecular complexity index is 1010. The zero-order chi connectivity index (χ0) is 20.2. The number of carbonyl (C=O) groups excluding carboxylic acids is 2. The molecule has 2 amide bonds. The summed E-state index contributed by atoms with van der Waals surface area (Å²) in [5.74, 6) is 0.642. The standard InChI is InChI=1S/C21H18BrN3O4/c22-14-3-1-13(2-4-14)20(26)23-16-7-9-17(10-8-16)28-12-18-11-19(25-29-18)21(27)24-15-5-6-15/h1-4,7-11,15H,5-6,12H2,(H,23,26)(H,24,27). The van der Waals surface area contributed by atoms with Gasteiger partial charge < -0.3 is 19.9 Å². The molecule has 3 aromatic rings. The van der Waals surface area contributed by atoms with Crippen molar-refractivity contribution in [1.29, 1.82) is 0 Å². The van der Waals surface area contributed by atoms with Crippen LogP contribution in [-0.4, -0.2) is 23.0 Å². The van der Waals surface area contributed by atoms with Gasteiger partial charge in [0.2, 0.25) is 0 Å². The van der Waals surface area contributed by atoms with Crippen LogP contribution < -0.4 is 15.4 Å². The molecule has 0 radical (unpaired) electrons. The summed E-state index contributed by atoms with van der Waals surface area (Å²) in [7, 11) is 0. The van der Waals surface area contributed by atoms with E-state index in [-0.39, 0.29) is 30.2 Å². The fraction of sp³-hybridized carbons (Fsp3) is 0.190. The summed E-state index contributed by atoms with van der Waals surface area (Å²) in [6, 6.07) is 15.9. The Morgan fingerprint density at radius 2 is 1.79 bits per heavy atom. The molecule has 2 aromatic carbocycles. The van der Waals surface area contributed by atoms with Crippen molar-refractivity contribution in [2.45, 2.75) is 25.5 Å². The number of nitrogens with zero attached hydrogens (tertiary/aromatic N) is 1. The van der Waals surface area contributed by atoms with Crippen molar-refractivity contribution in [3.05, 3.63) is 76.1 Å². The van der Waals surface area contributed by atoms with Gasteiger partial charge in [0.1, 0.15) is 12.4 Å². The van der Waals surface area contributed by atoms with Crippen LogP contribution in [-0.2, 0) is 6.61 Å². The van der Waals surface area contributed by atoms with Crippen LogP contribution in [0.2, 0.25) is 0 Å². The van der Waals surface area contributed by atoms with Gasteiger partial charge in [-0.25, -0.2) is 0 Å². The Labute approximate surface area is 175 Å². The Balaban J connectivity index is 1.29. The van der Waals surface area contributed by atoms with Gasteiger partial charge in [-0.3, -0.25) is 9.59 Å². The molecule has 2 N–H and O–H groups in total. The fourth-order valence-electron chi connectivity index (χ4n) is 2.57. The quantitative estimate of drug-likeness (QED) is 0.557. The van der Waals surface area contributed by atoms with Crippen molar-refractivity contribution >= 4 is 33.4 Å². The van der Waals surface area contributed by atoms with Crippen LogP contribution in [0.3, 0.4) is 0 Å². The molecule has 1 saturated carbocycles. The van der Waals surface area contributed by atoms with Crippen LogP contribution in [0.4, 0.5) is 5.69 Å². The second kappa shape index (κ2) is 8.48. The maximum Gasteiger partial charge on any atom is 0.273 e. The van der Waals surface area contributed by atoms with Crippen LogP contribution in [0.15, 0.2) is 63.6 Å². The highest BCUT2D eigenvalue weighted by atomic mass is 79.9. The normalized spacial score (nSPS) is 13.0. The third-order valence-corrected chi connectivity index (χ3v) is 4.83. The first-order valence-corrected chi connectivity index (χ1v) is 9.92. The van der Waals surface area contributed by atoms with Gasteiger partial charge in [-0.2, -0.15) is 0 Å². The number of anilines is 1. The first-order valence-electron chi connectivity index (χ1n) is 9.13. The van der Waals surface area contributed by atoms with Gasteiger partial charge in [0, 0.05) is 27.8 Å². The van der Waals surface area contributed by atoms with Crippen molar-refractivity contribution in [2.24, 2.45) is 0 Å². The number of amides is 2. The van der Waals surface area contributed by atoms with E-state index in [1.807, 2.05) is 12.1 Å². The molecular weight excluding hydrogens is 438 g/mol. The van der Waals surface area contributed by atoms with Gasteiger partial charge >= 0.3 is 0 Å². The number of benzene rings is 2. The maximum atomic E-state index is 12.2. The van der Waals surface area contributed by atoms with Gasteiger partial charge in [-0.1, -0.05) is 21.1 Å². The zero-order valence-electron chi connectivity index (χ0n) is 15.4. The van der Waals surface area contributed by atoms with E-state index < -0.39 is 0 Å². The summed E-state index contributed by atoms with van der Waals surface area (Å²) in [5, 5.41) is 9.46. The summed E-state index contributed by atoms with van der Waals surface area (Å²) in [6.45, 7) is 0.147.